The lowest BCUT2D eigenvalue weighted by atomic mass is 10.1. The summed E-state index contributed by atoms with van der Waals surface area (Å²) in [5.41, 5.74) is 0. The Labute approximate surface area is 48.1 Å². The second kappa shape index (κ2) is 1.76. The topological polar surface area (TPSA) is 0 Å². The third-order valence-electron chi connectivity index (χ3n) is 0.658. The van der Waals surface area contributed by atoms with Crippen LogP contribution in [-0.2, 0) is 0 Å². The summed E-state index contributed by atoms with van der Waals surface area (Å²) < 4.78 is 51.8. The molecule has 0 heterocycles. The summed E-state index contributed by atoms with van der Waals surface area (Å²) in [5, 5.41) is 0. The molecular weight excluding hydrogens is 98.1 g/mol. The molecule has 0 aromatic carbocycles. The largest absolute Gasteiger partial charge is 0.247 e. The lowest BCUT2D eigenvalue weighted by Crippen LogP contribution is -2.17. The van der Waals surface area contributed by atoms with Gasteiger partial charge >= 0.3 is 0 Å². The molecule has 0 nitrogen and oxygen atoms in total. The van der Waals surface area contributed by atoms with Crippen LogP contribution in [-0.4, -0.2) is 5.92 Å². The van der Waals surface area contributed by atoms with Crippen LogP contribution in [0.3, 0.4) is 0 Å². The predicted octanol–water partition coefficient (Wildman–Crippen LogP) is 2.30. The molecule has 1 atom stereocenters. The van der Waals surface area contributed by atoms with Crippen molar-refractivity contribution in [2.45, 2.75) is 26.6 Å². The lowest BCUT2D eigenvalue weighted by molar-refractivity contribution is -0.0251. The lowest BCUT2D eigenvalue weighted by Gasteiger charge is -2.12. The zero-order chi connectivity index (χ0) is 9.50. The summed E-state index contributed by atoms with van der Waals surface area (Å²) >= 11 is 0. The van der Waals surface area contributed by atoms with Crippen molar-refractivity contribution in [2.24, 2.45) is 5.89 Å². The van der Waals surface area contributed by atoms with Crippen LogP contribution in [0.25, 0.3) is 0 Å². The van der Waals surface area contributed by atoms with Gasteiger partial charge in [0.25, 0.3) is 0 Å². The van der Waals surface area contributed by atoms with Gasteiger partial charge < -0.3 is 0 Å². The first-order valence-electron chi connectivity index (χ1n) is 3.88. The maximum atomic E-state index is 12.4. The van der Waals surface area contributed by atoms with Gasteiger partial charge in [0.1, 0.15) is 0 Å². The van der Waals surface area contributed by atoms with Gasteiger partial charge in [-0.2, -0.15) is 0 Å². The van der Waals surface area contributed by atoms with E-state index in [1.807, 2.05) is 0 Å². The molecule has 0 spiro atoms. The van der Waals surface area contributed by atoms with Crippen LogP contribution in [0.5, 0.6) is 0 Å². The van der Waals surface area contributed by atoms with E-state index in [0.717, 1.165) is 0 Å². The Morgan fingerprint density at radius 1 is 1.86 bits per heavy atom. The number of alkyl halides is 2. The van der Waals surface area contributed by atoms with Gasteiger partial charge in [-0.25, -0.2) is 8.78 Å². The van der Waals surface area contributed by atoms with E-state index in [4.69, 9.17) is 5.48 Å². The predicted molar refractivity (Wildman–Crippen MR) is 25.5 cm³/mol. The van der Waals surface area contributed by atoms with Crippen molar-refractivity contribution in [3.8, 4) is 0 Å². The molecule has 0 aliphatic rings. The fourth-order valence-corrected chi connectivity index (χ4v) is 0. The molecular formula is C5H10F2. The Bertz CT molecular complexity index is 128. The average molecular weight is 112 g/mol. The number of hydrogen-bond acceptors (Lipinski definition) is 0. The van der Waals surface area contributed by atoms with E-state index in [1.54, 1.807) is 0 Å². The van der Waals surface area contributed by atoms with Crippen LogP contribution in [0.2, 0.25) is 0 Å². The minimum absolute atomic E-state index is 0.437. The van der Waals surface area contributed by atoms with Crippen molar-refractivity contribution < 1.29 is 14.3 Å². The van der Waals surface area contributed by atoms with Crippen LogP contribution in [0.1, 0.15) is 26.2 Å². The Morgan fingerprint density at radius 3 is 2.29 bits per heavy atom. The third-order valence-corrected chi connectivity index (χ3v) is 0.658. The van der Waals surface area contributed by atoms with Crippen molar-refractivity contribution in [3.63, 3.8) is 0 Å². The van der Waals surface area contributed by atoms with Gasteiger partial charge in [0.2, 0.25) is 5.92 Å². The molecule has 0 bridgehead atoms. The average Bonchev–Trinajstić information content (AvgIpc) is 1.58. The Morgan fingerprint density at radius 2 is 2.29 bits per heavy atom. The smallest absolute Gasteiger partial charge is 0.207 e. The van der Waals surface area contributed by atoms with Gasteiger partial charge in [0.15, 0.2) is 0 Å². The molecule has 0 rings (SSSR count). The zero-order valence-electron chi connectivity index (χ0n) is 8.26. The molecule has 0 aromatic rings. The van der Waals surface area contributed by atoms with Crippen molar-refractivity contribution in [2.75, 3.05) is 0 Å². The summed E-state index contributed by atoms with van der Waals surface area (Å²) in [6.45, 7) is -1.81. The summed E-state index contributed by atoms with van der Waals surface area (Å²) in [7, 11) is 0. The maximum absolute atomic E-state index is 12.4. The van der Waals surface area contributed by atoms with E-state index in [0.29, 0.717) is 13.8 Å². The Kier molecular flexibility index (Phi) is 0.610. The molecule has 0 aliphatic carbocycles. The van der Waals surface area contributed by atoms with Crippen molar-refractivity contribution in [1.82, 2.24) is 0 Å². The minimum Gasteiger partial charge on any atom is -0.207 e. The SMILES string of the molecule is [2H]C([2H])([2H])C([2H])(C)C(C)(F)F. The van der Waals surface area contributed by atoms with Gasteiger partial charge in [0, 0.05) is 11.4 Å². The van der Waals surface area contributed by atoms with E-state index < -0.39 is 18.7 Å². The van der Waals surface area contributed by atoms with Crippen LogP contribution in [0.15, 0.2) is 0 Å². The Hall–Kier alpha value is -0.140. The second-order valence-electron chi connectivity index (χ2n) is 1.51. The number of hydrogen-bond donors (Lipinski definition) is 0. The fourth-order valence-electron chi connectivity index (χ4n) is 0. The summed E-state index contributed by atoms with van der Waals surface area (Å²) in [5.74, 6) is -6.22. The highest BCUT2D eigenvalue weighted by Gasteiger charge is 2.25. The van der Waals surface area contributed by atoms with Crippen LogP contribution in [0, 0.1) is 5.89 Å². The third kappa shape index (κ3) is 2.54. The molecule has 0 aliphatic heterocycles. The molecule has 1 unspecified atom stereocenters. The molecule has 2 heteroatoms. The molecule has 0 saturated heterocycles. The summed E-state index contributed by atoms with van der Waals surface area (Å²) in [4.78, 5) is 0. The fraction of sp³-hybridized carbons (Fsp3) is 1.00. The molecule has 0 saturated carbocycles. The highest BCUT2D eigenvalue weighted by atomic mass is 19.3. The van der Waals surface area contributed by atoms with Gasteiger partial charge in [0.05, 0.1) is 0 Å². The van der Waals surface area contributed by atoms with E-state index in [1.165, 1.54) is 0 Å². The number of halogens is 2. The van der Waals surface area contributed by atoms with Crippen molar-refractivity contribution >= 4 is 0 Å². The van der Waals surface area contributed by atoms with E-state index in [9.17, 15) is 8.78 Å². The molecule has 0 aromatic heterocycles. The van der Waals surface area contributed by atoms with Gasteiger partial charge in [-0.3, -0.25) is 0 Å². The van der Waals surface area contributed by atoms with Crippen LogP contribution in [0.4, 0.5) is 8.78 Å². The van der Waals surface area contributed by atoms with Gasteiger partial charge in [-0.1, -0.05) is 13.8 Å². The molecule has 0 N–H and O–H groups in total. The Balaban J connectivity index is 4.75. The van der Waals surface area contributed by atoms with E-state index in [2.05, 4.69) is 0 Å². The highest BCUT2D eigenvalue weighted by Crippen LogP contribution is 2.21. The highest BCUT2D eigenvalue weighted by molar-refractivity contribution is 4.60. The first-order valence-corrected chi connectivity index (χ1v) is 1.88. The van der Waals surface area contributed by atoms with E-state index >= 15 is 0 Å². The maximum Gasteiger partial charge on any atom is 0.247 e. The van der Waals surface area contributed by atoms with Gasteiger partial charge in [-0.05, 0) is 6.92 Å². The molecule has 0 fully saturated rings. The molecule has 44 valence electrons. The number of rotatable bonds is 1. The first-order chi connectivity index (χ1) is 4.50. The second-order valence-corrected chi connectivity index (χ2v) is 1.51. The first kappa shape index (κ1) is 2.42. The van der Waals surface area contributed by atoms with E-state index in [-0.39, 0.29) is 0 Å². The standard InChI is InChI=1S/C5H10F2/c1-4(2)5(3,6)7/h4H,1-3H3/i1D3,4D. The quantitative estimate of drug-likeness (QED) is 0.488. The zero-order valence-corrected chi connectivity index (χ0v) is 4.26. The summed E-state index contributed by atoms with van der Waals surface area (Å²) in [6.07, 6.45) is 0. The molecule has 0 amide bonds. The van der Waals surface area contributed by atoms with Crippen molar-refractivity contribution in [3.05, 3.63) is 0 Å². The van der Waals surface area contributed by atoms with Crippen LogP contribution >= 0.6 is 0 Å². The van der Waals surface area contributed by atoms with Crippen LogP contribution < -0.4 is 0 Å². The minimum atomic E-state index is -3.52. The molecule has 7 heavy (non-hydrogen) atoms. The summed E-state index contributed by atoms with van der Waals surface area (Å²) in [6, 6.07) is 0. The normalized spacial score (nSPS) is 31.4. The monoisotopic (exact) mass is 112 g/mol. The van der Waals surface area contributed by atoms with Crippen molar-refractivity contribution in [1.29, 1.82) is 0 Å². The molecule has 0 radical (unpaired) electrons. The van der Waals surface area contributed by atoms with Gasteiger partial charge in [-0.15, -0.1) is 0 Å².